The minimum Gasteiger partial charge on any atom is -0.399 e. The first kappa shape index (κ1) is 14.1. The molecular formula is C17H14N4S. The third kappa shape index (κ3) is 3.25. The minimum absolute atomic E-state index is 0.754. The summed E-state index contributed by atoms with van der Waals surface area (Å²) < 4.78 is 1.08. The summed E-state index contributed by atoms with van der Waals surface area (Å²) in [5.74, 6) is 6.86. The molecule has 3 N–H and O–H groups in total. The van der Waals surface area contributed by atoms with Crippen LogP contribution in [-0.2, 0) is 0 Å². The Morgan fingerprint density at radius 3 is 2.95 bits per heavy atom. The maximum absolute atomic E-state index is 5.77. The topological polar surface area (TPSA) is 63.8 Å². The largest absolute Gasteiger partial charge is 0.399 e. The van der Waals surface area contributed by atoms with Gasteiger partial charge in [-0.1, -0.05) is 11.8 Å². The van der Waals surface area contributed by atoms with Crippen molar-refractivity contribution < 1.29 is 0 Å². The van der Waals surface area contributed by atoms with E-state index in [1.54, 1.807) is 23.6 Å². The lowest BCUT2D eigenvalue weighted by Gasteiger charge is -1.96. The number of fused-ring (bicyclic) bond motifs is 1. The lowest BCUT2D eigenvalue weighted by atomic mass is 10.3. The summed E-state index contributed by atoms with van der Waals surface area (Å²) in [6.45, 7) is 0. The lowest BCUT2D eigenvalue weighted by molar-refractivity contribution is 1.28. The first-order valence-electron chi connectivity index (χ1n) is 6.72. The van der Waals surface area contributed by atoms with Crippen molar-refractivity contribution in [3.8, 4) is 11.8 Å². The first-order valence-corrected chi connectivity index (χ1v) is 7.54. The van der Waals surface area contributed by atoms with Crippen LogP contribution in [0, 0.1) is 11.8 Å². The second-order valence-electron chi connectivity index (χ2n) is 4.56. The fraction of sp³-hybridized carbons (Fsp3) is 0.0588. The van der Waals surface area contributed by atoms with E-state index in [2.05, 4.69) is 27.1 Å². The van der Waals surface area contributed by atoms with Gasteiger partial charge in [-0.2, -0.15) is 0 Å². The van der Waals surface area contributed by atoms with Gasteiger partial charge in [-0.3, -0.25) is 0 Å². The van der Waals surface area contributed by atoms with E-state index in [0.717, 1.165) is 32.3 Å². The molecule has 0 amide bonds. The molecule has 4 nitrogen and oxygen atoms in total. The molecule has 1 aromatic carbocycles. The zero-order valence-electron chi connectivity index (χ0n) is 12.0. The average molecular weight is 306 g/mol. The summed E-state index contributed by atoms with van der Waals surface area (Å²) in [6, 6.07) is 9.55. The van der Waals surface area contributed by atoms with Gasteiger partial charge in [-0.05, 0) is 42.5 Å². The molecule has 0 spiro atoms. The van der Waals surface area contributed by atoms with Crippen LogP contribution in [0.5, 0.6) is 0 Å². The van der Waals surface area contributed by atoms with Gasteiger partial charge in [0.05, 0.1) is 10.2 Å². The average Bonchev–Trinajstić information content (AvgIpc) is 2.94. The van der Waals surface area contributed by atoms with Gasteiger partial charge in [0, 0.05) is 24.5 Å². The molecule has 0 aliphatic rings. The Kier molecular flexibility index (Phi) is 4.03. The first-order chi connectivity index (χ1) is 10.7. The van der Waals surface area contributed by atoms with E-state index in [9.17, 15) is 0 Å². The second kappa shape index (κ2) is 6.29. The number of thiazole rings is 1. The number of nitrogen functional groups attached to an aromatic ring is 1. The van der Waals surface area contributed by atoms with E-state index in [1.807, 2.05) is 43.5 Å². The standard InChI is InChI=1S/C17H14N4S/c1-19-16-9-6-12(11-20-16)4-2-3-5-17-21-14-8-7-13(18)10-15(14)22-17/h3,5-11H,18H2,1H3,(H,19,20). The summed E-state index contributed by atoms with van der Waals surface area (Å²) in [4.78, 5) is 8.72. The van der Waals surface area contributed by atoms with Crippen LogP contribution >= 0.6 is 11.3 Å². The van der Waals surface area contributed by atoms with E-state index in [4.69, 9.17) is 5.73 Å². The molecular weight excluding hydrogens is 292 g/mol. The molecule has 0 fully saturated rings. The predicted molar refractivity (Wildman–Crippen MR) is 93.7 cm³/mol. The number of nitrogens with zero attached hydrogens (tertiary/aromatic N) is 2. The highest BCUT2D eigenvalue weighted by Gasteiger charge is 2.00. The molecule has 3 rings (SSSR count). The Balaban J connectivity index is 1.74. The van der Waals surface area contributed by atoms with Gasteiger partial charge in [0.2, 0.25) is 0 Å². The van der Waals surface area contributed by atoms with E-state index < -0.39 is 0 Å². The van der Waals surface area contributed by atoms with Crippen LogP contribution in [0.4, 0.5) is 11.5 Å². The fourth-order valence-corrected chi connectivity index (χ4v) is 2.80. The predicted octanol–water partition coefficient (Wildman–Crippen LogP) is 3.38. The molecule has 0 atom stereocenters. The van der Waals surface area contributed by atoms with E-state index in [1.165, 1.54) is 0 Å². The van der Waals surface area contributed by atoms with Crippen molar-refractivity contribution in [2.75, 3.05) is 18.1 Å². The molecule has 0 aliphatic heterocycles. The molecule has 22 heavy (non-hydrogen) atoms. The highest BCUT2D eigenvalue weighted by Crippen LogP contribution is 2.24. The third-order valence-electron chi connectivity index (χ3n) is 2.97. The Morgan fingerprint density at radius 2 is 2.18 bits per heavy atom. The number of hydrogen-bond donors (Lipinski definition) is 2. The van der Waals surface area contributed by atoms with Crippen LogP contribution in [-0.4, -0.2) is 17.0 Å². The Bertz CT molecular complexity index is 882. The number of anilines is 2. The molecule has 2 aromatic heterocycles. The Labute approximate surface area is 132 Å². The second-order valence-corrected chi connectivity index (χ2v) is 5.63. The van der Waals surface area contributed by atoms with Gasteiger partial charge in [0.15, 0.2) is 0 Å². The number of rotatable bonds is 2. The number of benzene rings is 1. The molecule has 2 heterocycles. The molecule has 0 radical (unpaired) electrons. The monoisotopic (exact) mass is 306 g/mol. The number of nitrogens with two attached hydrogens (primary N) is 1. The summed E-state index contributed by atoms with van der Waals surface area (Å²) in [6.07, 6.45) is 5.45. The Hall–Kier alpha value is -2.84. The zero-order valence-corrected chi connectivity index (χ0v) is 12.8. The van der Waals surface area contributed by atoms with Gasteiger partial charge in [0.25, 0.3) is 0 Å². The third-order valence-corrected chi connectivity index (χ3v) is 3.96. The van der Waals surface area contributed by atoms with Gasteiger partial charge in [-0.25, -0.2) is 9.97 Å². The molecule has 0 unspecified atom stereocenters. The summed E-state index contributed by atoms with van der Waals surface area (Å²) in [7, 11) is 1.84. The normalized spacial score (nSPS) is 10.6. The molecule has 0 aliphatic carbocycles. The van der Waals surface area contributed by atoms with Crippen molar-refractivity contribution in [3.63, 3.8) is 0 Å². The highest BCUT2D eigenvalue weighted by molar-refractivity contribution is 7.19. The van der Waals surface area contributed by atoms with Crippen LogP contribution in [0.2, 0.25) is 0 Å². The SMILES string of the molecule is CNc1ccc(C#CC=Cc2nc3ccc(N)cc3s2)cn1. The quantitative estimate of drug-likeness (QED) is 0.563. The van der Waals surface area contributed by atoms with Gasteiger partial charge >= 0.3 is 0 Å². The highest BCUT2D eigenvalue weighted by atomic mass is 32.1. The van der Waals surface area contributed by atoms with Crippen LogP contribution < -0.4 is 11.1 Å². The van der Waals surface area contributed by atoms with E-state index in [-0.39, 0.29) is 0 Å². The minimum atomic E-state index is 0.754. The van der Waals surface area contributed by atoms with Crippen molar-refractivity contribution in [2.24, 2.45) is 0 Å². The van der Waals surface area contributed by atoms with Crippen LogP contribution in [0.3, 0.4) is 0 Å². The number of pyridine rings is 1. The fourth-order valence-electron chi connectivity index (χ4n) is 1.88. The zero-order chi connectivity index (χ0) is 15.4. The molecule has 108 valence electrons. The van der Waals surface area contributed by atoms with Crippen molar-refractivity contribution in [3.05, 3.63) is 53.2 Å². The molecule has 0 saturated heterocycles. The Morgan fingerprint density at radius 1 is 1.27 bits per heavy atom. The molecule has 0 saturated carbocycles. The maximum Gasteiger partial charge on any atom is 0.125 e. The summed E-state index contributed by atoms with van der Waals surface area (Å²) in [5.41, 5.74) is 8.35. The smallest absolute Gasteiger partial charge is 0.125 e. The number of aromatic nitrogens is 2. The van der Waals surface area contributed by atoms with Crippen LogP contribution in [0.15, 0.2) is 42.6 Å². The number of nitrogens with one attached hydrogen (secondary N) is 1. The van der Waals surface area contributed by atoms with Gasteiger partial charge in [0.1, 0.15) is 10.8 Å². The van der Waals surface area contributed by atoms with E-state index >= 15 is 0 Å². The summed E-state index contributed by atoms with van der Waals surface area (Å²) >= 11 is 1.60. The van der Waals surface area contributed by atoms with Gasteiger partial charge < -0.3 is 11.1 Å². The lowest BCUT2D eigenvalue weighted by Crippen LogP contribution is -1.90. The van der Waals surface area contributed by atoms with Crippen molar-refractivity contribution >= 4 is 39.1 Å². The maximum atomic E-state index is 5.77. The summed E-state index contributed by atoms with van der Waals surface area (Å²) in [5, 5.41) is 3.89. The van der Waals surface area contributed by atoms with Crippen molar-refractivity contribution in [1.82, 2.24) is 9.97 Å². The van der Waals surface area contributed by atoms with Crippen molar-refractivity contribution in [1.29, 1.82) is 0 Å². The molecule has 3 aromatic rings. The number of hydrogen-bond acceptors (Lipinski definition) is 5. The van der Waals surface area contributed by atoms with Gasteiger partial charge in [-0.15, -0.1) is 11.3 Å². The molecule has 0 bridgehead atoms. The van der Waals surface area contributed by atoms with Crippen molar-refractivity contribution in [2.45, 2.75) is 0 Å². The van der Waals surface area contributed by atoms with E-state index in [0.29, 0.717) is 0 Å². The number of allylic oxidation sites excluding steroid dienone is 1. The van der Waals surface area contributed by atoms with Crippen LogP contribution in [0.25, 0.3) is 16.3 Å². The van der Waals surface area contributed by atoms with Crippen LogP contribution in [0.1, 0.15) is 10.6 Å². The molecule has 5 heteroatoms.